The van der Waals surface area contributed by atoms with E-state index in [1.54, 1.807) is 5.38 Å². The molecule has 1 radical (unpaired) electrons. The molecule has 0 bridgehead atoms. The second-order valence-electron chi connectivity index (χ2n) is 3.23. The highest BCUT2D eigenvalue weighted by atomic mass is 32.2. The van der Waals surface area contributed by atoms with Crippen molar-refractivity contribution in [3.63, 3.8) is 0 Å². The van der Waals surface area contributed by atoms with Gasteiger partial charge in [-0.3, -0.25) is 4.79 Å². The van der Waals surface area contributed by atoms with E-state index in [1.165, 1.54) is 16.2 Å². The number of amides is 1. The number of carbonyl (C=O) groups excluding carboxylic acids is 1. The average molecular weight is 245 g/mol. The number of hydrogen-bond donors (Lipinski definition) is 0. The minimum absolute atomic E-state index is 0.0494. The van der Waals surface area contributed by atoms with Gasteiger partial charge in [0, 0.05) is 18.5 Å². The van der Waals surface area contributed by atoms with E-state index in [-0.39, 0.29) is 30.5 Å². The molecule has 2 rings (SSSR count). The Morgan fingerprint density at radius 3 is 2.67 bits per heavy atom. The summed E-state index contributed by atoms with van der Waals surface area (Å²) in [5.74, 6) is -0.0991. The van der Waals surface area contributed by atoms with Crippen LogP contribution < -0.4 is 0 Å². The second-order valence-corrected chi connectivity index (χ2v) is 6.39. The SMILES string of the molecule is O=C(c1n[c]cs1)N1CCS(=O)(=O)CC1. The van der Waals surface area contributed by atoms with Gasteiger partial charge in [0.15, 0.2) is 14.8 Å². The van der Waals surface area contributed by atoms with Crippen LogP contribution in [0.25, 0.3) is 0 Å². The third kappa shape index (κ3) is 2.35. The van der Waals surface area contributed by atoms with Gasteiger partial charge >= 0.3 is 0 Å². The van der Waals surface area contributed by atoms with Crippen molar-refractivity contribution in [3.05, 3.63) is 16.6 Å². The molecule has 0 aliphatic carbocycles. The van der Waals surface area contributed by atoms with Crippen molar-refractivity contribution >= 4 is 27.1 Å². The highest BCUT2D eigenvalue weighted by Gasteiger charge is 2.26. The molecule has 5 nitrogen and oxygen atoms in total. The van der Waals surface area contributed by atoms with Gasteiger partial charge in [0.1, 0.15) is 6.20 Å². The molecule has 0 unspecified atom stereocenters. The van der Waals surface area contributed by atoms with Crippen LogP contribution >= 0.6 is 11.3 Å². The van der Waals surface area contributed by atoms with Gasteiger partial charge in [-0.25, -0.2) is 13.4 Å². The zero-order valence-electron chi connectivity index (χ0n) is 7.84. The molecular weight excluding hydrogens is 236 g/mol. The molecule has 81 valence electrons. The topological polar surface area (TPSA) is 67.3 Å². The lowest BCUT2D eigenvalue weighted by molar-refractivity contribution is 0.0770. The fourth-order valence-corrected chi connectivity index (χ4v) is 3.10. The first-order chi connectivity index (χ1) is 7.08. The standard InChI is InChI=1S/C8H9N2O3S2/c11-8(7-9-1-4-14-7)10-2-5-15(12,13)6-3-10/h4H,2-3,5-6H2. The summed E-state index contributed by atoms with van der Waals surface area (Å²) in [6.07, 6.45) is 2.57. The van der Waals surface area contributed by atoms with Crippen LogP contribution in [-0.2, 0) is 9.84 Å². The van der Waals surface area contributed by atoms with Gasteiger partial charge in [-0.15, -0.1) is 11.3 Å². The van der Waals surface area contributed by atoms with Crippen molar-refractivity contribution < 1.29 is 13.2 Å². The molecule has 15 heavy (non-hydrogen) atoms. The van der Waals surface area contributed by atoms with Gasteiger partial charge in [-0.1, -0.05) is 0 Å². The number of carbonyl (C=O) groups is 1. The molecule has 1 amide bonds. The highest BCUT2D eigenvalue weighted by molar-refractivity contribution is 7.91. The molecule has 1 fully saturated rings. The Morgan fingerprint density at radius 1 is 1.47 bits per heavy atom. The first-order valence-corrected chi connectivity index (χ1v) is 7.10. The summed E-state index contributed by atoms with van der Waals surface area (Å²) in [6, 6.07) is 0. The second kappa shape index (κ2) is 3.90. The molecule has 0 N–H and O–H groups in total. The summed E-state index contributed by atoms with van der Waals surface area (Å²) >= 11 is 1.22. The predicted molar refractivity (Wildman–Crippen MR) is 55.5 cm³/mol. The normalized spacial score (nSPS) is 20.1. The Hall–Kier alpha value is -0.950. The van der Waals surface area contributed by atoms with E-state index < -0.39 is 9.84 Å². The molecule has 1 aliphatic heterocycles. The summed E-state index contributed by atoms with van der Waals surface area (Å²) in [5.41, 5.74) is 0. The van der Waals surface area contributed by atoms with Crippen molar-refractivity contribution in [1.29, 1.82) is 0 Å². The van der Waals surface area contributed by atoms with E-state index in [0.717, 1.165) is 0 Å². The molecule has 0 atom stereocenters. The van der Waals surface area contributed by atoms with Gasteiger partial charge in [0.25, 0.3) is 5.91 Å². The summed E-state index contributed by atoms with van der Waals surface area (Å²) < 4.78 is 22.3. The maximum absolute atomic E-state index is 11.7. The van der Waals surface area contributed by atoms with E-state index in [0.29, 0.717) is 5.01 Å². The van der Waals surface area contributed by atoms with Gasteiger partial charge in [0.05, 0.1) is 11.5 Å². The van der Waals surface area contributed by atoms with Crippen molar-refractivity contribution in [2.45, 2.75) is 0 Å². The molecular formula is C8H9N2O3S2. The third-order valence-electron chi connectivity index (χ3n) is 2.20. The van der Waals surface area contributed by atoms with Crippen molar-refractivity contribution in [2.24, 2.45) is 0 Å². The van der Waals surface area contributed by atoms with Crippen LogP contribution in [0, 0.1) is 6.20 Å². The Morgan fingerprint density at radius 2 is 2.13 bits per heavy atom. The Balaban J connectivity index is 2.06. The molecule has 0 aromatic carbocycles. The Labute approximate surface area is 91.7 Å². The Bertz CT molecular complexity index is 438. The molecule has 2 heterocycles. The van der Waals surface area contributed by atoms with Gasteiger partial charge < -0.3 is 4.90 Å². The molecule has 7 heteroatoms. The molecule has 1 aromatic rings. The summed E-state index contributed by atoms with van der Waals surface area (Å²) in [6.45, 7) is 0.529. The number of rotatable bonds is 1. The van der Waals surface area contributed by atoms with E-state index >= 15 is 0 Å². The molecule has 0 spiro atoms. The number of aromatic nitrogens is 1. The lowest BCUT2D eigenvalue weighted by atomic mass is 10.4. The molecule has 1 aromatic heterocycles. The first kappa shape index (κ1) is 10.6. The maximum Gasteiger partial charge on any atom is 0.282 e. The van der Waals surface area contributed by atoms with Crippen LogP contribution in [0.4, 0.5) is 0 Å². The zero-order valence-corrected chi connectivity index (χ0v) is 9.47. The summed E-state index contributed by atoms with van der Waals surface area (Å²) in [7, 11) is -2.94. The fourth-order valence-electron chi connectivity index (χ4n) is 1.34. The van der Waals surface area contributed by atoms with Crippen LogP contribution in [0.3, 0.4) is 0 Å². The number of sulfone groups is 1. The number of nitrogens with zero attached hydrogens (tertiary/aromatic N) is 2. The van der Waals surface area contributed by atoms with Crippen molar-refractivity contribution in [1.82, 2.24) is 9.88 Å². The van der Waals surface area contributed by atoms with Crippen LogP contribution in [0.15, 0.2) is 5.38 Å². The number of hydrogen-bond acceptors (Lipinski definition) is 5. The van der Waals surface area contributed by atoms with Crippen LogP contribution in [-0.4, -0.2) is 48.8 Å². The smallest absolute Gasteiger partial charge is 0.282 e. The average Bonchev–Trinajstić information content (AvgIpc) is 2.69. The predicted octanol–water partition coefficient (Wildman–Crippen LogP) is -0.186. The quantitative estimate of drug-likeness (QED) is 0.688. The van der Waals surface area contributed by atoms with E-state index in [9.17, 15) is 13.2 Å². The van der Waals surface area contributed by atoms with Crippen molar-refractivity contribution in [2.75, 3.05) is 24.6 Å². The first-order valence-electron chi connectivity index (χ1n) is 4.40. The third-order valence-corrected chi connectivity index (χ3v) is 4.53. The summed E-state index contributed by atoms with van der Waals surface area (Å²) in [5, 5.41) is 1.97. The van der Waals surface area contributed by atoms with E-state index in [2.05, 4.69) is 11.2 Å². The lowest BCUT2D eigenvalue weighted by Crippen LogP contribution is -2.43. The minimum atomic E-state index is -2.94. The Kier molecular flexibility index (Phi) is 2.74. The lowest BCUT2D eigenvalue weighted by Gasteiger charge is -2.25. The van der Waals surface area contributed by atoms with Crippen LogP contribution in [0.1, 0.15) is 9.80 Å². The number of thiazole rings is 1. The molecule has 0 saturated carbocycles. The van der Waals surface area contributed by atoms with Gasteiger partial charge in [-0.05, 0) is 0 Å². The van der Waals surface area contributed by atoms with Gasteiger partial charge in [-0.2, -0.15) is 0 Å². The highest BCUT2D eigenvalue weighted by Crippen LogP contribution is 2.11. The van der Waals surface area contributed by atoms with Crippen molar-refractivity contribution in [3.8, 4) is 0 Å². The van der Waals surface area contributed by atoms with Crippen LogP contribution in [0.5, 0.6) is 0 Å². The molecule has 1 saturated heterocycles. The zero-order chi connectivity index (χ0) is 10.9. The van der Waals surface area contributed by atoms with Crippen LogP contribution in [0.2, 0.25) is 0 Å². The minimum Gasteiger partial charge on any atom is -0.335 e. The monoisotopic (exact) mass is 245 g/mol. The van der Waals surface area contributed by atoms with Gasteiger partial charge in [0.2, 0.25) is 0 Å². The summed E-state index contributed by atoms with van der Waals surface area (Å²) in [4.78, 5) is 17.0. The fraction of sp³-hybridized carbons (Fsp3) is 0.500. The van der Waals surface area contributed by atoms with E-state index in [4.69, 9.17) is 0 Å². The maximum atomic E-state index is 11.7. The largest absolute Gasteiger partial charge is 0.335 e. The van der Waals surface area contributed by atoms with E-state index in [1.807, 2.05) is 0 Å². The molecule has 1 aliphatic rings.